The van der Waals surface area contributed by atoms with Crippen molar-refractivity contribution >= 4 is 31.9 Å². The number of nitrogens with zero attached hydrogens (tertiary/aromatic N) is 1. The Kier molecular flexibility index (Phi) is 5.79. The van der Waals surface area contributed by atoms with Crippen LogP contribution in [-0.2, 0) is 10.0 Å². The quantitative estimate of drug-likeness (QED) is 0.798. The van der Waals surface area contributed by atoms with E-state index in [1.54, 1.807) is 41.3 Å². The highest BCUT2D eigenvalue weighted by molar-refractivity contribution is 9.10. The van der Waals surface area contributed by atoms with Gasteiger partial charge in [0.25, 0.3) is 5.91 Å². The summed E-state index contributed by atoms with van der Waals surface area (Å²) in [5, 5.41) is 0. The average molecular weight is 437 g/mol. The lowest BCUT2D eigenvalue weighted by atomic mass is 10.0. The Balaban J connectivity index is 1.59. The number of nitrogens with one attached hydrogen (secondary N) is 1. The second-order valence-electron chi connectivity index (χ2n) is 6.51. The van der Waals surface area contributed by atoms with Gasteiger partial charge in [-0.25, -0.2) is 13.1 Å². The summed E-state index contributed by atoms with van der Waals surface area (Å²) in [5.74, 6) is -0.0164. The van der Waals surface area contributed by atoms with Gasteiger partial charge in [0, 0.05) is 29.2 Å². The number of hydrogen-bond acceptors (Lipinski definition) is 3. The molecule has 5 nitrogen and oxygen atoms in total. The van der Waals surface area contributed by atoms with E-state index in [1.165, 1.54) is 0 Å². The first-order valence-electron chi connectivity index (χ1n) is 8.49. The van der Waals surface area contributed by atoms with Gasteiger partial charge in [0.15, 0.2) is 0 Å². The van der Waals surface area contributed by atoms with Crippen LogP contribution in [-0.4, -0.2) is 38.4 Å². The van der Waals surface area contributed by atoms with Gasteiger partial charge in [-0.2, -0.15) is 0 Å². The van der Waals surface area contributed by atoms with Gasteiger partial charge in [0.2, 0.25) is 10.0 Å². The van der Waals surface area contributed by atoms with Gasteiger partial charge in [0.05, 0.1) is 4.90 Å². The molecular weight excluding hydrogens is 416 g/mol. The minimum absolute atomic E-state index is 0.0164. The van der Waals surface area contributed by atoms with Crippen molar-refractivity contribution in [2.75, 3.05) is 13.1 Å². The molecule has 26 heavy (non-hydrogen) atoms. The first-order chi connectivity index (χ1) is 12.3. The lowest BCUT2D eigenvalue weighted by Gasteiger charge is -2.32. The molecule has 3 rings (SSSR count). The van der Waals surface area contributed by atoms with Crippen molar-refractivity contribution < 1.29 is 13.2 Å². The Morgan fingerprint density at radius 2 is 1.62 bits per heavy atom. The molecule has 2 aromatic carbocycles. The largest absolute Gasteiger partial charge is 0.339 e. The molecule has 0 radical (unpaired) electrons. The smallest absolute Gasteiger partial charge is 0.253 e. The third-order valence-electron chi connectivity index (χ3n) is 4.53. The molecule has 2 aromatic rings. The first kappa shape index (κ1) is 19.1. The Morgan fingerprint density at radius 3 is 2.19 bits per heavy atom. The number of carbonyl (C=O) groups is 1. The molecule has 0 unspecified atom stereocenters. The molecule has 0 bridgehead atoms. The van der Waals surface area contributed by atoms with E-state index < -0.39 is 10.0 Å². The molecule has 1 heterocycles. The van der Waals surface area contributed by atoms with E-state index in [4.69, 9.17) is 0 Å². The zero-order valence-electron chi connectivity index (χ0n) is 14.5. The van der Waals surface area contributed by atoms with E-state index in [0.717, 1.165) is 10.0 Å². The fraction of sp³-hybridized carbons (Fsp3) is 0.316. The number of hydrogen-bond donors (Lipinski definition) is 1. The maximum Gasteiger partial charge on any atom is 0.253 e. The van der Waals surface area contributed by atoms with Gasteiger partial charge in [-0.1, -0.05) is 33.6 Å². The zero-order chi connectivity index (χ0) is 18.7. The molecule has 1 aliphatic heterocycles. The van der Waals surface area contributed by atoms with E-state index in [2.05, 4.69) is 20.7 Å². The molecule has 0 aliphatic carbocycles. The molecule has 138 valence electrons. The Bertz CT molecular complexity index is 872. The van der Waals surface area contributed by atoms with Crippen LogP contribution in [0.4, 0.5) is 0 Å². The van der Waals surface area contributed by atoms with Gasteiger partial charge in [-0.05, 0) is 56.2 Å². The summed E-state index contributed by atoms with van der Waals surface area (Å²) in [4.78, 5) is 14.6. The minimum Gasteiger partial charge on any atom is -0.339 e. The number of amides is 1. The van der Waals surface area contributed by atoms with E-state index >= 15 is 0 Å². The van der Waals surface area contributed by atoms with Crippen LogP contribution in [0.3, 0.4) is 0 Å². The first-order valence-corrected chi connectivity index (χ1v) is 10.8. The summed E-state index contributed by atoms with van der Waals surface area (Å²) in [7, 11) is -3.53. The Morgan fingerprint density at radius 1 is 1.04 bits per heavy atom. The number of likely N-dealkylation sites (tertiary alicyclic amines) is 1. The van der Waals surface area contributed by atoms with E-state index in [1.807, 2.05) is 19.1 Å². The van der Waals surface area contributed by atoms with Crippen LogP contribution in [0, 0.1) is 6.92 Å². The molecule has 0 saturated carbocycles. The van der Waals surface area contributed by atoms with E-state index in [9.17, 15) is 13.2 Å². The van der Waals surface area contributed by atoms with Crippen LogP contribution < -0.4 is 4.72 Å². The molecule has 0 spiro atoms. The number of carbonyl (C=O) groups excluding carboxylic acids is 1. The second kappa shape index (κ2) is 7.90. The highest BCUT2D eigenvalue weighted by Crippen LogP contribution is 2.18. The molecule has 7 heteroatoms. The molecule has 1 saturated heterocycles. The summed E-state index contributed by atoms with van der Waals surface area (Å²) < 4.78 is 28.7. The maximum atomic E-state index is 12.5. The fourth-order valence-electron chi connectivity index (χ4n) is 2.98. The highest BCUT2D eigenvalue weighted by Gasteiger charge is 2.27. The molecule has 0 aromatic heterocycles. The van der Waals surface area contributed by atoms with Crippen LogP contribution in [0.2, 0.25) is 0 Å². The van der Waals surface area contributed by atoms with Crippen molar-refractivity contribution in [1.82, 2.24) is 9.62 Å². The van der Waals surface area contributed by atoms with Crippen molar-refractivity contribution in [2.24, 2.45) is 0 Å². The van der Waals surface area contributed by atoms with Gasteiger partial charge < -0.3 is 4.90 Å². The van der Waals surface area contributed by atoms with Gasteiger partial charge in [0.1, 0.15) is 0 Å². The van der Waals surface area contributed by atoms with Gasteiger partial charge in [-0.15, -0.1) is 0 Å². The summed E-state index contributed by atoms with van der Waals surface area (Å²) in [5.41, 5.74) is 1.66. The molecule has 0 atom stereocenters. The third-order valence-corrected chi connectivity index (χ3v) is 6.59. The van der Waals surface area contributed by atoms with Crippen LogP contribution in [0.25, 0.3) is 0 Å². The molecule has 1 N–H and O–H groups in total. The van der Waals surface area contributed by atoms with Crippen molar-refractivity contribution in [2.45, 2.75) is 30.7 Å². The van der Waals surface area contributed by atoms with Crippen LogP contribution >= 0.6 is 15.9 Å². The predicted octanol–water partition coefficient (Wildman–Crippen LogP) is 3.34. The minimum atomic E-state index is -3.53. The summed E-state index contributed by atoms with van der Waals surface area (Å²) >= 11 is 3.36. The Labute approximate surface area is 162 Å². The fourth-order valence-corrected chi connectivity index (χ4v) is 4.55. The van der Waals surface area contributed by atoms with Crippen molar-refractivity contribution in [1.29, 1.82) is 0 Å². The van der Waals surface area contributed by atoms with Crippen LogP contribution in [0.5, 0.6) is 0 Å². The summed E-state index contributed by atoms with van der Waals surface area (Å²) in [6.45, 7) is 2.99. The van der Waals surface area contributed by atoms with Crippen molar-refractivity contribution in [3.05, 3.63) is 64.1 Å². The van der Waals surface area contributed by atoms with Crippen molar-refractivity contribution in [3.8, 4) is 0 Å². The van der Waals surface area contributed by atoms with Crippen LogP contribution in [0.15, 0.2) is 57.9 Å². The summed E-state index contributed by atoms with van der Waals surface area (Å²) in [6.07, 6.45) is 1.21. The van der Waals surface area contributed by atoms with E-state index in [-0.39, 0.29) is 16.8 Å². The lowest BCUT2D eigenvalue weighted by Crippen LogP contribution is -2.46. The maximum absolute atomic E-state index is 12.5. The number of halogens is 1. The number of rotatable bonds is 4. The van der Waals surface area contributed by atoms with Crippen molar-refractivity contribution in [3.63, 3.8) is 0 Å². The SMILES string of the molecule is Cc1ccc(S(=O)(=O)NC2CCN(C(=O)c3ccc(Br)cc3)CC2)cc1. The number of aryl methyl sites for hydroxylation is 1. The molecular formula is C19H21BrN2O3S. The number of sulfonamides is 1. The van der Waals surface area contributed by atoms with E-state index in [0.29, 0.717) is 31.5 Å². The van der Waals surface area contributed by atoms with Gasteiger partial charge >= 0.3 is 0 Å². The topological polar surface area (TPSA) is 66.5 Å². The normalized spacial score (nSPS) is 15.8. The average Bonchev–Trinajstić information content (AvgIpc) is 2.62. The van der Waals surface area contributed by atoms with Crippen LogP contribution in [0.1, 0.15) is 28.8 Å². The second-order valence-corrected chi connectivity index (χ2v) is 9.14. The monoisotopic (exact) mass is 436 g/mol. The Hall–Kier alpha value is -1.70. The summed E-state index contributed by atoms with van der Waals surface area (Å²) in [6, 6.07) is 13.9. The molecule has 1 amide bonds. The molecule has 1 aliphatic rings. The highest BCUT2D eigenvalue weighted by atomic mass is 79.9. The standard InChI is InChI=1S/C19H21BrN2O3S/c1-14-2-8-18(9-3-14)26(24,25)21-17-10-12-22(13-11-17)19(23)15-4-6-16(20)7-5-15/h2-9,17,21H,10-13H2,1H3. The van der Waals surface area contributed by atoms with Gasteiger partial charge in [-0.3, -0.25) is 4.79 Å². The zero-order valence-corrected chi connectivity index (χ0v) is 16.9. The lowest BCUT2D eigenvalue weighted by molar-refractivity contribution is 0.0711. The predicted molar refractivity (Wildman–Crippen MR) is 105 cm³/mol. The number of piperidine rings is 1. The third kappa shape index (κ3) is 4.52. The molecule has 1 fully saturated rings. The number of benzene rings is 2.